The number of nitrogens with two attached hydrogens (primary N) is 1. The van der Waals surface area contributed by atoms with Crippen molar-refractivity contribution in [2.24, 2.45) is 5.73 Å². The second-order valence-corrected chi connectivity index (χ2v) is 10.3. The number of hydrogen-bond donors (Lipinski definition) is 2. The van der Waals surface area contributed by atoms with Crippen LogP contribution in [0.3, 0.4) is 0 Å². The SMILES string of the molecule is CCN1C(=CC2=C(NCCCN)C(=Cc3sc4ccccc4[n+]3CC)C2=O)Sc2ccccc21. The molecular formula is C27H29N4OS2+. The molecule has 3 N–H and O–H groups in total. The first-order valence-electron chi connectivity index (χ1n) is 11.8. The third kappa shape index (κ3) is 3.98. The summed E-state index contributed by atoms with van der Waals surface area (Å²) in [6.07, 6.45) is 4.96. The van der Waals surface area contributed by atoms with E-state index in [0.29, 0.717) is 6.54 Å². The smallest absolute Gasteiger partial charge is 0.263 e. The summed E-state index contributed by atoms with van der Waals surface area (Å²) in [6.45, 7) is 7.36. The fourth-order valence-corrected chi connectivity index (χ4v) is 6.79. The van der Waals surface area contributed by atoms with Crippen LogP contribution in [0, 0.1) is 0 Å². The molecule has 0 radical (unpaired) electrons. The molecule has 0 amide bonds. The molecule has 5 rings (SSSR count). The van der Waals surface area contributed by atoms with E-state index in [9.17, 15) is 4.79 Å². The number of Topliss-reactive ketones (excluding diaryl/α,β-unsaturated/α-hetero) is 1. The molecule has 174 valence electrons. The van der Waals surface area contributed by atoms with Crippen LogP contribution in [0.15, 0.2) is 81.4 Å². The Morgan fingerprint density at radius 3 is 2.68 bits per heavy atom. The Balaban J connectivity index is 1.55. The van der Waals surface area contributed by atoms with Crippen LogP contribution in [-0.4, -0.2) is 25.4 Å². The lowest BCUT2D eigenvalue weighted by Gasteiger charge is -2.26. The number of nitrogens with one attached hydrogen (secondary N) is 1. The Bertz CT molecular complexity index is 1350. The molecule has 5 nitrogen and oxygen atoms in total. The second kappa shape index (κ2) is 9.78. The number of aryl methyl sites for hydroxylation is 1. The van der Waals surface area contributed by atoms with Crippen molar-refractivity contribution >= 4 is 50.9 Å². The van der Waals surface area contributed by atoms with E-state index in [2.05, 4.69) is 89.3 Å². The lowest BCUT2D eigenvalue weighted by molar-refractivity contribution is -0.665. The fourth-order valence-electron chi connectivity index (χ4n) is 4.46. The van der Waals surface area contributed by atoms with E-state index in [4.69, 9.17) is 5.73 Å². The van der Waals surface area contributed by atoms with Gasteiger partial charge in [-0.3, -0.25) is 4.79 Å². The number of hydrogen-bond acceptors (Lipinski definition) is 6. The Hall–Kier alpha value is -2.87. The van der Waals surface area contributed by atoms with E-state index in [1.54, 1.807) is 23.1 Å². The molecule has 34 heavy (non-hydrogen) atoms. The molecule has 0 unspecified atom stereocenters. The number of allylic oxidation sites excluding steroid dienone is 3. The van der Waals surface area contributed by atoms with Crippen molar-refractivity contribution in [3.63, 3.8) is 0 Å². The maximum Gasteiger partial charge on any atom is 0.263 e. The number of fused-ring (bicyclic) bond motifs is 2. The van der Waals surface area contributed by atoms with Crippen LogP contribution in [0.25, 0.3) is 16.3 Å². The van der Waals surface area contributed by atoms with Crippen molar-refractivity contribution in [2.75, 3.05) is 24.5 Å². The number of carbonyl (C=O) groups excluding carboxylic acids is 1. The zero-order chi connectivity index (χ0) is 23.7. The highest BCUT2D eigenvalue weighted by Gasteiger charge is 2.35. The zero-order valence-corrected chi connectivity index (χ0v) is 21.1. The normalized spacial score (nSPS) is 17.7. The van der Waals surface area contributed by atoms with Crippen LogP contribution in [0.2, 0.25) is 0 Å². The average Bonchev–Trinajstić information content (AvgIpc) is 3.41. The minimum Gasteiger partial charge on any atom is -0.384 e. The van der Waals surface area contributed by atoms with Gasteiger partial charge in [0.05, 0.1) is 22.0 Å². The van der Waals surface area contributed by atoms with Crippen LogP contribution in [-0.2, 0) is 11.3 Å². The summed E-state index contributed by atoms with van der Waals surface area (Å²) in [5, 5.41) is 5.69. The maximum atomic E-state index is 13.4. The number of thioether (sulfide) groups is 1. The van der Waals surface area contributed by atoms with Gasteiger partial charge in [0.15, 0.2) is 5.78 Å². The van der Waals surface area contributed by atoms with E-state index in [1.807, 2.05) is 0 Å². The van der Waals surface area contributed by atoms with Crippen molar-refractivity contribution < 1.29 is 9.36 Å². The molecular weight excluding hydrogens is 460 g/mol. The number of para-hydroxylation sites is 2. The summed E-state index contributed by atoms with van der Waals surface area (Å²) in [4.78, 5) is 16.9. The number of rotatable bonds is 8. The summed E-state index contributed by atoms with van der Waals surface area (Å²) in [5.41, 5.74) is 10.6. The van der Waals surface area contributed by atoms with Crippen LogP contribution < -0.4 is 20.5 Å². The average molecular weight is 490 g/mol. The molecule has 3 aromatic rings. The van der Waals surface area contributed by atoms with Crippen molar-refractivity contribution in [2.45, 2.75) is 31.7 Å². The lowest BCUT2D eigenvalue weighted by Crippen LogP contribution is -2.36. The molecule has 2 heterocycles. The molecule has 7 heteroatoms. The molecule has 0 atom stereocenters. The minimum absolute atomic E-state index is 0.0930. The number of ketones is 1. The molecule has 1 aliphatic carbocycles. The van der Waals surface area contributed by atoms with E-state index in [1.165, 1.54) is 20.8 Å². The number of carbonyl (C=O) groups is 1. The Kier molecular flexibility index (Phi) is 6.59. The van der Waals surface area contributed by atoms with Crippen LogP contribution >= 0.6 is 23.1 Å². The standard InChI is InChI=1S/C27H28N4OS2/c1-3-30-20-10-5-7-12-22(20)33-24(30)16-18-26(29-15-9-14-28)19(27(18)32)17-25-31(4-2)21-11-6-8-13-23(21)34-25/h5-8,10-13,16-17H,3-4,9,14-15,28H2,1-2H3/p+1. The molecule has 2 aliphatic rings. The van der Waals surface area contributed by atoms with Crippen molar-refractivity contribution in [1.82, 2.24) is 5.32 Å². The Labute approximate surface area is 208 Å². The summed E-state index contributed by atoms with van der Waals surface area (Å²) in [6, 6.07) is 16.8. The van der Waals surface area contributed by atoms with Crippen molar-refractivity contribution in [3.05, 3.63) is 81.5 Å². The highest BCUT2D eigenvalue weighted by atomic mass is 32.2. The minimum atomic E-state index is 0.0930. The third-order valence-electron chi connectivity index (χ3n) is 6.15. The summed E-state index contributed by atoms with van der Waals surface area (Å²) in [7, 11) is 0. The number of nitrogens with zero attached hydrogens (tertiary/aromatic N) is 2. The zero-order valence-electron chi connectivity index (χ0n) is 19.5. The van der Waals surface area contributed by atoms with Gasteiger partial charge < -0.3 is 16.0 Å². The topological polar surface area (TPSA) is 62.2 Å². The van der Waals surface area contributed by atoms with Gasteiger partial charge in [-0.2, -0.15) is 4.57 Å². The molecule has 0 bridgehead atoms. The van der Waals surface area contributed by atoms with Crippen LogP contribution in [0.5, 0.6) is 0 Å². The van der Waals surface area contributed by atoms with Gasteiger partial charge in [0.1, 0.15) is 11.2 Å². The number of thiazole rings is 1. The molecule has 0 spiro atoms. The number of benzene rings is 2. The van der Waals surface area contributed by atoms with Gasteiger partial charge in [-0.05, 0) is 51.1 Å². The fraction of sp³-hybridized carbons (Fsp3) is 0.259. The van der Waals surface area contributed by atoms with Crippen molar-refractivity contribution in [1.29, 1.82) is 0 Å². The van der Waals surface area contributed by atoms with Crippen LogP contribution in [0.4, 0.5) is 5.69 Å². The molecule has 2 aromatic carbocycles. The summed E-state index contributed by atoms with van der Waals surface area (Å²) in [5.74, 6) is 0.0930. The maximum absolute atomic E-state index is 13.4. The first-order valence-corrected chi connectivity index (χ1v) is 13.4. The van der Waals surface area contributed by atoms with E-state index >= 15 is 0 Å². The molecule has 1 aliphatic heterocycles. The molecule has 0 saturated heterocycles. The molecule has 1 aromatic heterocycles. The van der Waals surface area contributed by atoms with Gasteiger partial charge in [0.2, 0.25) is 5.52 Å². The predicted molar refractivity (Wildman–Crippen MR) is 143 cm³/mol. The number of anilines is 1. The van der Waals surface area contributed by atoms with Crippen molar-refractivity contribution in [3.8, 4) is 0 Å². The van der Waals surface area contributed by atoms with E-state index in [-0.39, 0.29) is 5.78 Å². The quantitative estimate of drug-likeness (QED) is 0.269. The van der Waals surface area contributed by atoms with Gasteiger partial charge in [0.25, 0.3) is 5.01 Å². The van der Waals surface area contributed by atoms with Gasteiger partial charge in [0, 0.05) is 35.7 Å². The van der Waals surface area contributed by atoms with Gasteiger partial charge in [-0.15, -0.1) is 0 Å². The largest absolute Gasteiger partial charge is 0.384 e. The highest BCUT2D eigenvalue weighted by molar-refractivity contribution is 8.03. The third-order valence-corrected chi connectivity index (χ3v) is 8.38. The van der Waals surface area contributed by atoms with E-state index in [0.717, 1.165) is 52.9 Å². The highest BCUT2D eigenvalue weighted by Crippen LogP contribution is 2.47. The first-order chi connectivity index (χ1) is 16.7. The summed E-state index contributed by atoms with van der Waals surface area (Å²) >= 11 is 3.45. The monoisotopic (exact) mass is 489 g/mol. The lowest BCUT2D eigenvalue weighted by atomic mass is 9.85. The first kappa shape index (κ1) is 22.9. The Morgan fingerprint density at radius 2 is 1.88 bits per heavy atom. The molecule has 0 saturated carbocycles. The Morgan fingerprint density at radius 1 is 1.09 bits per heavy atom. The molecule has 0 fully saturated rings. The van der Waals surface area contributed by atoms with Gasteiger partial charge in [-0.1, -0.05) is 47.4 Å². The number of aromatic nitrogens is 1. The summed E-state index contributed by atoms with van der Waals surface area (Å²) < 4.78 is 3.50. The van der Waals surface area contributed by atoms with E-state index < -0.39 is 0 Å². The van der Waals surface area contributed by atoms with Gasteiger partial charge in [-0.25, -0.2) is 0 Å². The predicted octanol–water partition coefficient (Wildman–Crippen LogP) is 4.84. The second-order valence-electron chi connectivity index (χ2n) is 8.19. The van der Waals surface area contributed by atoms with Gasteiger partial charge >= 0.3 is 0 Å². The van der Waals surface area contributed by atoms with Crippen LogP contribution in [0.1, 0.15) is 25.3 Å².